The molecule has 0 radical (unpaired) electrons. The molecule has 4 rings (SSSR count). The maximum Gasteiger partial charge on any atom is 0.278 e. The average Bonchev–Trinajstić information content (AvgIpc) is 2.97. The van der Waals surface area contributed by atoms with Crippen molar-refractivity contribution in [2.24, 2.45) is 0 Å². The fraction of sp³-hybridized carbons (Fsp3) is 0.0435. The second kappa shape index (κ2) is 8.28. The molecule has 2 amide bonds. The van der Waals surface area contributed by atoms with E-state index in [2.05, 4.69) is 5.32 Å². The molecule has 0 atom stereocenters. The number of rotatable bonds is 5. The lowest BCUT2D eigenvalue weighted by molar-refractivity contribution is -0.137. The lowest BCUT2D eigenvalue weighted by Crippen LogP contribution is -2.32. The maximum atomic E-state index is 13.7. The standard InChI is InChI=1S/C23H14ClF3N2O2/c24-17-4-2-1-3-14(17)12-29-22(30)20(13-5-7-15(25)8-6-13)21(23(29)31)28-16-9-10-18(26)19(27)11-16/h1-11,28H,12H2. The van der Waals surface area contributed by atoms with Gasteiger partial charge in [0.05, 0.1) is 12.1 Å². The largest absolute Gasteiger partial charge is 0.350 e. The van der Waals surface area contributed by atoms with Gasteiger partial charge in [0.1, 0.15) is 11.5 Å². The molecule has 0 spiro atoms. The molecule has 0 saturated heterocycles. The van der Waals surface area contributed by atoms with Crippen LogP contribution < -0.4 is 5.32 Å². The van der Waals surface area contributed by atoms with Crippen molar-refractivity contribution in [2.75, 3.05) is 5.32 Å². The van der Waals surface area contributed by atoms with Gasteiger partial charge in [-0.25, -0.2) is 13.2 Å². The van der Waals surface area contributed by atoms with Crippen molar-refractivity contribution in [3.63, 3.8) is 0 Å². The Balaban J connectivity index is 1.76. The van der Waals surface area contributed by atoms with E-state index < -0.39 is 29.3 Å². The summed E-state index contributed by atoms with van der Waals surface area (Å²) in [6.07, 6.45) is 0. The summed E-state index contributed by atoms with van der Waals surface area (Å²) in [7, 11) is 0. The summed E-state index contributed by atoms with van der Waals surface area (Å²) in [6, 6.07) is 14.8. The molecule has 1 aliphatic rings. The molecule has 0 aromatic heterocycles. The number of hydrogen-bond donors (Lipinski definition) is 1. The molecule has 1 heterocycles. The number of halogens is 4. The fourth-order valence-corrected chi connectivity index (χ4v) is 3.43. The van der Waals surface area contributed by atoms with Crippen LogP contribution in [0.3, 0.4) is 0 Å². The van der Waals surface area contributed by atoms with E-state index in [0.717, 1.165) is 29.2 Å². The highest BCUT2D eigenvalue weighted by Gasteiger charge is 2.39. The van der Waals surface area contributed by atoms with Crippen LogP contribution in [0.5, 0.6) is 0 Å². The van der Waals surface area contributed by atoms with Crippen molar-refractivity contribution in [3.05, 3.63) is 106 Å². The molecular weight excluding hydrogens is 429 g/mol. The Morgan fingerprint density at radius 3 is 2.23 bits per heavy atom. The van der Waals surface area contributed by atoms with Crippen LogP contribution >= 0.6 is 11.6 Å². The van der Waals surface area contributed by atoms with Crippen molar-refractivity contribution in [2.45, 2.75) is 6.54 Å². The van der Waals surface area contributed by atoms with Gasteiger partial charge in [0.15, 0.2) is 11.6 Å². The van der Waals surface area contributed by atoms with Crippen LogP contribution in [0, 0.1) is 17.5 Å². The first kappa shape index (κ1) is 20.7. The second-order valence-corrected chi connectivity index (χ2v) is 7.21. The van der Waals surface area contributed by atoms with E-state index in [1.165, 1.54) is 18.2 Å². The number of nitrogens with one attached hydrogen (secondary N) is 1. The smallest absolute Gasteiger partial charge is 0.278 e. The molecule has 0 fully saturated rings. The van der Waals surface area contributed by atoms with Crippen LogP contribution in [-0.4, -0.2) is 16.7 Å². The van der Waals surface area contributed by atoms with Gasteiger partial charge in [0.25, 0.3) is 11.8 Å². The van der Waals surface area contributed by atoms with Gasteiger partial charge < -0.3 is 5.32 Å². The minimum Gasteiger partial charge on any atom is -0.350 e. The Hall–Kier alpha value is -3.58. The molecule has 0 unspecified atom stereocenters. The van der Waals surface area contributed by atoms with E-state index in [9.17, 15) is 22.8 Å². The summed E-state index contributed by atoms with van der Waals surface area (Å²) in [5.74, 6) is -3.97. The van der Waals surface area contributed by atoms with E-state index in [1.54, 1.807) is 24.3 Å². The molecule has 8 heteroatoms. The molecule has 156 valence electrons. The summed E-state index contributed by atoms with van der Waals surface area (Å²) >= 11 is 6.17. The van der Waals surface area contributed by atoms with Crippen LogP contribution in [0.15, 0.2) is 72.4 Å². The second-order valence-electron chi connectivity index (χ2n) is 6.80. The van der Waals surface area contributed by atoms with Gasteiger partial charge in [-0.1, -0.05) is 41.9 Å². The van der Waals surface area contributed by atoms with E-state index >= 15 is 0 Å². The van der Waals surface area contributed by atoms with Crippen LogP contribution in [0.1, 0.15) is 11.1 Å². The molecular formula is C23H14ClF3N2O2. The number of nitrogens with zero attached hydrogens (tertiary/aromatic N) is 1. The molecule has 3 aromatic rings. The van der Waals surface area contributed by atoms with Crippen LogP contribution in [0.2, 0.25) is 5.02 Å². The number of hydrogen-bond acceptors (Lipinski definition) is 3. The highest BCUT2D eigenvalue weighted by molar-refractivity contribution is 6.36. The van der Waals surface area contributed by atoms with Gasteiger partial charge in [-0.3, -0.25) is 14.5 Å². The van der Waals surface area contributed by atoms with Crippen LogP contribution in [-0.2, 0) is 16.1 Å². The number of imide groups is 1. The molecule has 0 bridgehead atoms. The van der Waals surface area contributed by atoms with Crippen molar-refractivity contribution >= 4 is 34.7 Å². The summed E-state index contributed by atoms with van der Waals surface area (Å²) in [5, 5.41) is 3.10. The van der Waals surface area contributed by atoms with E-state index in [1.807, 2.05) is 0 Å². The fourth-order valence-electron chi connectivity index (χ4n) is 3.24. The van der Waals surface area contributed by atoms with Gasteiger partial charge in [-0.2, -0.15) is 0 Å². The zero-order valence-electron chi connectivity index (χ0n) is 15.8. The average molecular weight is 443 g/mol. The minimum absolute atomic E-state index is 0.0122. The van der Waals surface area contributed by atoms with Crippen molar-refractivity contribution in [1.82, 2.24) is 4.90 Å². The Labute approximate surface area is 180 Å². The van der Waals surface area contributed by atoms with Crippen molar-refractivity contribution < 1.29 is 22.8 Å². The molecule has 0 aliphatic carbocycles. The Morgan fingerprint density at radius 1 is 0.839 bits per heavy atom. The monoisotopic (exact) mass is 442 g/mol. The first-order valence-electron chi connectivity index (χ1n) is 9.17. The van der Waals surface area contributed by atoms with Crippen LogP contribution in [0.4, 0.5) is 18.9 Å². The molecule has 3 aromatic carbocycles. The molecule has 31 heavy (non-hydrogen) atoms. The van der Waals surface area contributed by atoms with Crippen LogP contribution in [0.25, 0.3) is 5.57 Å². The Bertz CT molecular complexity index is 1230. The van der Waals surface area contributed by atoms with Gasteiger partial charge in [0.2, 0.25) is 0 Å². The number of anilines is 1. The van der Waals surface area contributed by atoms with Gasteiger partial charge in [-0.05, 0) is 41.5 Å². The molecule has 1 aliphatic heterocycles. The highest BCUT2D eigenvalue weighted by atomic mass is 35.5. The summed E-state index contributed by atoms with van der Waals surface area (Å²) < 4.78 is 40.3. The number of carbonyl (C=O) groups excluding carboxylic acids is 2. The number of amides is 2. The number of carbonyl (C=O) groups is 2. The highest BCUT2D eigenvalue weighted by Crippen LogP contribution is 2.32. The summed E-state index contributed by atoms with van der Waals surface area (Å²) in [6.45, 7) is -0.0923. The first-order valence-corrected chi connectivity index (χ1v) is 9.55. The van der Waals surface area contributed by atoms with Gasteiger partial charge in [0, 0.05) is 16.8 Å². The molecule has 4 nitrogen and oxygen atoms in total. The van der Waals surface area contributed by atoms with E-state index in [-0.39, 0.29) is 23.5 Å². The molecule has 1 N–H and O–H groups in total. The van der Waals surface area contributed by atoms with E-state index in [4.69, 9.17) is 11.6 Å². The third-order valence-electron chi connectivity index (χ3n) is 4.78. The van der Waals surface area contributed by atoms with Crippen molar-refractivity contribution in [1.29, 1.82) is 0 Å². The van der Waals surface area contributed by atoms with Gasteiger partial charge in [-0.15, -0.1) is 0 Å². The first-order chi connectivity index (χ1) is 14.8. The summed E-state index contributed by atoms with van der Waals surface area (Å²) in [4.78, 5) is 27.3. The maximum absolute atomic E-state index is 13.7. The zero-order valence-corrected chi connectivity index (χ0v) is 16.6. The predicted octanol–water partition coefficient (Wildman–Crippen LogP) is 5.15. The number of benzene rings is 3. The molecule has 0 saturated carbocycles. The predicted molar refractivity (Wildman–Crippen MR) is 110 cm³/mol. The Kier molecular flexibility index (Phi) is 5.52. The minimum atomic E-state index is -1.11. The van der Waals surface area contributed by atoms with Gasteiger partial charge >= 0.3 is 0 Å². The lowest BCUT2D eigenvalue weighted by Gasteiger charge is -2.16. The SMILES string of the molecule is O=C1C(Nc2ccc(F)c(F)c2)=C(c2ccc(F)cc2)C(=O)N1Cc1ccccc1Cl. The normalized spacial score (nSPS) is 13.9. The quantitative estimate of drug-likeness (QED) is 0.556. The lowest BCUT2D eigenvalue weighted by atomic mass is 10.0. The van der Waals surface area contributed by atoms with Crippen molar-refractivity contribution in [3.8, 4) is 0 Å². The third kappa shape index (κ3) is 4.04. The zero-order chi connectivity index (χ0) is 22.1. The topological polar surface area (TPSA) is 49.4 Å². The van der Waals surface area contributed by atoms with E-state index in [0.29, 0.717) is 16.1 Å². The third-order valence-corrected chi connectivity index (χ3v) is 5.14. The summed E-state index contributed by atoms with van der Waals surface area (Å²) in [5.41, 5.74) is 0.788. The Morgan fingerprint density at radius 2 is 1.55 bits per heavy atom.